The minimum atomic E-state index is -2.74. The SMILES string of the molecule is Cc1ccccc1C(O[P+](=O)O)(c1ccccc1C)C(C)C. The van der Waals surface area contributed by atoms with Gasteiger partial charge in [-0.3, -0.25) is 0 Å². The maximum Gasteiger partial charge on any atom is 0.696 e. The molecule has 0 bridgehead atoms. The summed E-state index contributed by atoms with van der Waals surface area (Å²) in [6.07, 6.45) is 0. The highest BCUT2D eigenvalue weighted by molar-refractivity contribution is 7.32. The lowest BCUT2D eigenvalue weighted by atomic mass is 9.75. The molecule has 4 heteroatoms. The summed E-state index contributed by atoms with van der Waals surface area (Å²) >= 11 is 0. The van der Waals surface area contributed by atoms with Gasteiger partial charge in [0.05, 0.1) is 0 Å². The van der Waals surface area contributed by atoms with Gasteiger partial charge in [-0.05, 0) is 42.0 Å². The molecule has 22 heavy (non-hydrogen) atoms. The molecular formula is C18H22O3P+. The second kappa shape index (κ2) is 6.70. The van der Waals surface area contributed by atoms with Gasteiger partial charge in [0.15, 0.2) is 5.60 Å². The van der Waals surface area contributed by atoms with Crippen LogP contribution in [0.15, 0.2) is 48.5 Å². The highest BCUT2D eigenvalue weighted by Gasteiger charge is 2.48. The smallest absolute Gasteiger partial charge is 0.133 e. The summed E-state index contributed by atoms with van der Waals surface area (Å²) < 4.78 is 17.3. The standard InChI is InChI=1S/C18H21O3P/c1-13(2)18(21-22(19)20,16-11-7-5-9-14(16)3)17-12-8-6-10-15(17)4/h5-13H,1-4H3/p+1. The number of hydrogen-bond acceptors (Lipinski definition) is 2. The second-order valence-electron chi connectivity index (χ2n) is 5.85. The van der Waals surface area contributed by atoms with E-state index in [-0.39, 0.29) is 5.92 Å². The van der Waals surface area contributed by atoms with Gasteiger partial charge in [0.1, 0.15) is 0 Å². The summed E-state index contributed by atoms with van der Waals surface area (Å²) in [6, 6.07) is 15.7. The molecule has 0 aliphatic carbocycles. The predicted octanol–water partition coefficient (Wildman–Crippen LogP) is 4.87. The van der Waals surface area contributed by atoms with E-state index in [1.54, 1.807) is 0 Å². The summed E-state index contributed by atoms with van der Waals surface area (Å²) in [4.78, 5) is 9.53. The molecule has 2 aromatic rings. The van der Waals surface area contributed by atoms with Crippen LogP contribution in [0.5, 0.6) is 0 Å². The molecule has 0 aliphatic rings. The van der Waals surface area contributed by atoms with Crippen LogP contribution in [0.3, 0.4) is 0 Å². The summed E-state index contributed by atoms with van der Waals surface area (Å²) in [5.74, 6) is -0.0131. The molecule has 3 nitrogen and oxygen atoms in total. The lowest BCUT2D eigenvalue weighted by Gasteiger charge is -2.35. The Bertz CT molecular complexity index is 634. The summed E-state index contributed by atoms with van der Waals surface area (Å²) in [7, 11) is -2.74. The van der Waals surface area contributed by atoms with Crippen LogP contribution < -0.4 is 0 Å². The minimum absolute atomic E-state index is 0.0131. The van der Waals surface area contributed by atoms with Crippen molar-refractivity contribution in [3.8, 4) is 0 Å². The fourth-order valence-electron chi connectivity index (χ4n) is 3.07. The molecule has 0 radical (unpaired) electrons. The Morgan fingerprint density at radius 1 is 0.955 bits per heavy atom. The normalized spacial score (nSPS) is 12.5. The van der Waals surface area contributed by atoms with Crippen molar-refractivity contribution >= 4 is 8.25 Å². The third-order valence-corrected chi connectivity index (χ3v) is 4.57. The Labute approximate surface area is 132 Å². The van der Waals surface area contributed by atoms with Crippen LogP contribution in [0.1, 0.15) is 36.1 Å². The minimum Gasteiger partial charge on any atom is -0.133 e. The van der Waals surface area contributed by atoms with Crippen molar-refractivity contribution in [2.75, 3.05) is 0 Å². The first-order chi connectivity index (χ1) is 10.4. The monoisotopic (exact) mass is 317 g/mol. The van der Waals surface area contributed by atoms with E-state index in [4.69, 9.17) is 4.52 Å². The van der Waals surface area contributed by atoms with Crippen LogP contribution in [0.4, 0.5) is 0 Å². The highest BCUT2D eigenvalue weighted by Crippen LogP contribution is 2.47. The van der Waals surface area contributed by atoms with Gasteiger partial charge in [0.2, 0.25) is 0 Å². The molecule has 1 unspecified atom stereocenters. The summed E-state index contributed by atoms with van der Waals surface area (Å²) in [5, 5.41) is 0. The second-order valence-corrected chi connectivity index (χ2v) is 6.51. The lowest BCUT2D eigenvalue weighted by molar-refractivity contribution is 0.0548. The van der Waals surface area contributed by atoms with E-state index >= 15 is 0 Å². The van der Waals surface area contributed by atoms with Crippen LogP contribution in [-0.2, 0) is 14.7 Å². The van der Waals surface area contributed by atoms with Gasteiger partial charge >= 0.3 is 8.25 Å². The number of aryl methyl sites for hydroxylation is 2. The van der Waals surface area contributed by atoms with Crippen molar-refractivity contribution in [1.29, 1.82) is 0 Å². The van der Waals surface area contributed by atoms with Crippen molar-refractivity contribution in [2.45, 2.75) is 33.3 Å². The Morgan fingerprint density at radius 3 is 1.68 bits per heavy atom. The largest absolute Gasteiger partial charge is 0.696 e. The zero-order chi connectivity index (χ0) is 16.3. The molecule has 1 atom stereocenters. The maximum absolute atomic E-state index is 11.6. The molecule has 0 amide bonds. The lowest BCUT2D eigenvalue weighted by Crippen LogP contribution is -2.36. The van der Waals surface area contributed by atoms with E-state index in [1.807, 2.05) is 76.2 Å². The van der Waals surface area contributed by atoms with E-state index in [2.05, 4.69) is 0 Å². The average Bonchev–Trinajstić information content (AvgIpc) is 2.45. The molecule has 2 aromatic carbocycles. The summed E-state index contributed by atoms with van der Waals surface area (Å²) in [6.45, 7) is 8.02. The molecule has 0 heterocycles. The van der Waals surface area contributed by atoms with E-state index in [0.717, 1.165) is 22.3 Å². The van der Waals surface area contributed by atoms with Gasteiger partial charge in [-0.2, -0.15) is 0 Å². The Kier molecular flexibility index (Phi) is 5.12. The zero-order valence-corrected chi connectivity index (χ0v) is 14.3. The fraction of sp³-hybridized carbons (Fsp3) is 0.333. The third kappa shape index (κ3) is 2.98. The molecule has 1 N–H and O–H groups in total. The van der Waals surface area contributed by atoms with Crippen molar-refractivity contribution in [1.82, 2.24) is 0 Å². The van der Waals surface area contributed by atoms with Gasteiger partial charge in [-0.15, -0.1) is 9.42 Å². The van der Waals surface area contributed by atoms with E-state index < -0.39 is 13.9 Å². The van der Waals surface area contributed by atoms with Crippen LogP contribution >= 0.6 is 8.25 Å². The number of hydrogen-bond donors (Lipinski definition) is 1. The first kappa shape index (κ1) is 16.8. The molecule has 116 valence electrons. The molecule has 0 fully saturated rings. The van der Waals surface area contributed by atoms with Crippen LogP contribution in [0, 0.1) is 19.8 Å². The third-order valence-electron chi connectivity index (χ3n) is 4.13. The molecule has 0 spiro atoms. The molecular weight excluding hydrogens is 295 g/mol. The first-order valence-corrected chi connectivity index (χ1v) is 8.50. The van der Waals surface area contributed by atoms with Gasteiger partial charge < -0.3 is 0 Å². The van der Waals surface area contributed by atoms with Gasteiger partial charge in [-0.1, -0.05) is 62.4 Å². The molecule has 2 rings (SSSR count). The quantitative estimate of drug-likeness (QED) is 0.800. The topological polar surface area (TPSA) is 46.5 Å². The Balaban J connectivity index is 2.81. The van der Waals surface area contributed by atoms with E-state index in [1.165, 1.54) is 0 Å². The number of rotatable bonds is 5. The molecule has 0 aromatic heterocycles. The predicted molar refractivity (Wildman–Crippen MR) is 88.9 cm³/mol. The zero-order valence-electron chi connectivity index (χ0n) is 13.4. The number of benzene rings is 2. The molecule has 0 aliphatic heterocycles. The Hall–Kier alpha value is -1.54. The van der Waals surface area contributed by atoms with Crippen molar-refractivity contribution < 1.29 is 14.0 Å². The average molecular weight is 317 g/mol. The maximum atomic E-state index is 11.6. The van der Waals surface area contributed by atoms with Crippen LogP contribution in [0.2, 0.25) is 0 Å². The van der Waals surface area contributed by atoms with Crippen molar-refractivity contribution in [3.63, 3.8) is 0 Å². The van der Waals surface area contributed by atoms with Crippen molar-refractivity contribution in [2.24, 2.45) is 5.92 Å². The van der Waals surface area contributed by atoms with Gasteiger partial charge in [0, 0.05) is 4.57 Å². The highest BCUT2D eigenvalue weighted by atomic mass is 31.1. The Morgan fingerprint density at radius 2 is 1.36 bits per heavy atom. The van der Waals surface area contributed by atoms with Gasteiger partial charge in [-0.25, -0.2) is 0 Å². The van der Waals surface area contributed by atoms with E-state index in [9.17, 15) is 9.46 Å². The van der Waals surface area contributed by atoms with Crippen LogP contribution in [0.25, 0.3) is 0 Å². The van der Waals surface area contributed by atoms with Crippen molar-refractivity contribution in [3.05, 3.63) is 70.8 Å². The molecule has 0 saturated heterocycles. The van der Waals surface area contributed by atoms with Crippen LogP contribution in [-0.4, -0.2) is 4.89 Å². The van der Waals surface area contributed by atoms with E-state index in [0.29, 0.717) is 0 Å². The first-order valence-electron chi connectivity index (χ1n) is 7.37. The fourth-order valence-corrected chi connectivity index (χ4v) is 3.73. The molecule has 0 saturated carbocycles. The van der Waals surface area contributed by atoms with Gasteiger partial charge in [0.25, 0.3) is 0 Å². The summed E-state index contributed by atoms with van der Waals surface area (Å²) in [5.41, 5.74) is 2.99.